The summed E-state index contributed by atoms with van der Waals surface area (Å²) in [6.45, 7) is 0. The third-order valence-corrected chi connectivity index (χ3v) is 4.43. The minimum Gasteiger partial charge on any atom is -0.355 e. The second kappa shape index (κ2) is 5.91. The number of halogens is 4. The van der Waals surface area contributed by atoms with Crippen LogP contribution in [0.1, 0.15) is 22.8 Å². The highest BCUT2D eigenvalue weighted by Gasteiger charge is 2.22. The van der Waals surface area contributed by atoms with Crippen LogP contribution < -0.4 is 0 Å². The molecule has 1 N–H and O–H groups in total. The maximum atomic E-state index is 14.8. The maximum absolute atomic E-state index is 14.8. The molecule has 0 atom stereocenters. The average molecular weight is 382 g/mol. The first-order valence-corrected chi connectivity index (χ1v) is 8.29. The molecular formula is C20H10F4N4. The summed E-state index contributed by atoms with van der Waals surface area (Å²) in [4.78, 5) is 11.0. The molecule has 0 saturated carbocycles. The van der Waals surface area contributed by atoms with Crippen LogP contribution in [-0.4, -0.2) is 19.7 Å². The lowest BCUT2D eigenvalue weighted by molar-refractivity contribution is 0.394. The van der Waals surface area contributed by atoms with Crippen molar-refractivity contribution in [3.8, 4) is 0 Å². The van der Waals surface area contributed by atoms with Crippen LogP contribution in [0.2, 0.25) is 0 Å². The molecule has 2 aliphatic rings. The standard InChI is InChI=1S/C20H10F4N4/c21-17-15-6-5-13(27-15)8-12-2-1-10(25-12)7-11-3-4-14(26-11)9-16-18(22)19(23)20(17)28(16)24/h1-9,25H. The Morgan fingerprint density at radius 3 is 2.04 bits per heavy atom. The molecule has 0 aliphatic carbocycles. The molecule has 4 nitrogen and oxygen atoms in total. The Morgan fingerprint density at radius 2 is 1.32 bits per heavy atom. The van der Waals surface area contributed by atoms with Crippen LogP contribution in [0, 0.1) is 17.5 Å². The number of fused-ring (bicyclic) bond motifs is 8. The van der Waals surface area contributed by atoms with Gasteiger partial charge in [0.1, 0.15) is 11.2 Å². The molecule has 3 aromatic heterocycles. The van der Waals surface area contributed by atoms with E-state index in [9.17, 15) is 17.7 Å². The first kappa shape index (κ1) is 16.5. The van der Waals surface area contributed by atoms with E-state index in [0.717, 1.165) is 11.6 Å². The number of nitrogens with zero attached hydrogens (tertiary/aromatic N) is 3. The average Bonchev–Trinajstić information content (AvgIpc) is 3.43. The predicted octanol–water partition coefficient (Wildman–Crippen LogP) is 5.28. The van der Waals surface area contributed by atoms with E-state index in [1.165, 1.54) is 18.2 Å². The third kappa shape index (κ3) is 2.53. The summed E-state index contributed by atoms with van der Waals surface area (Å²) >= 11 is 0. The maximum Gasteiger partial charge on any atom is 0.190 e. The molecule has 0 saturated heterocycles. The molecule has 0 spiro atoms. The lowest BCUT2D eigenvalue weighted by Crippen LogP contribution is -1.89. The molecule has 0 radical (unpaired) electrons. The van der Waals surface area contributed by atoms with E-state index in [1.54, 1.807) is 18.2 Å². The van der Waals surface area contributed by atoms with Gasteiger partial charge >= 0.3 is 0 Å². The van der Waals surface area contributed by atoms with E-state index in [2.05, 4.69) is 15.0 Å². The highest BCUT2D eigenvalue weighted by Crippen LogP contribution is 2.27. The van der Waals surface area contributed by atoms with Crippen molar-refractivity contribution in [1.29, 1.82) is 0 Å². The van der Waals surface area contributed by atoms with Crippen molar-refractivity contribution in [3.05, 3.63) is 70.6 Å². The van der Waals surface area contributed by atoms with Gasteiger partial charge in [-0.15, -0.1) is 0 Å². The summed E-state index contributed by atoms with van der Waals surface area (Å²) in [6.07, 6.45) is 5.93. The summed E-state index contributed by atoms with van der Waals surface area (Å²) in [6, 6.07) is 8.04. The SMILES string of the molecule is Fc1c(F)c2c(F)c3nc(cc4ccc(cc5nc(cc1n2F)C=C5)[nH]4)C=C3. The monoisotopic (exact) mass is 382 g/mol. The van der Waals surface area contributed by atoms with E-state index in [-0.39, 0.29) is 16.2 Å². The number of hydrogen-bond acceptors (Lipinski definition) is 2. The van der Waals surface area contributed by atoms with Crippen LogP contribution in [0.4, 0.5) is 17.7 Å². The lowest BCUT2D eigenvalue weighted by Gasteiger charge is -1.93. The Balaban J connectivity index is 1.97. The van der Waals surface area contributed by atoms with E-state index >= 15 is 0 Å². The summed E-state index contributed by atoms with van der Waals surface area (Å²) in [5.74, 6) is -4.43. The largest absolute Gasteiger partial charge is 0.355 e. The molecule has 2 aliphatic heterocycles. The van der Waals surface area contributed by atoms with E-state index in [1.807, 2.05) is 12.1 Å². The van der Waals surface area contributed by atoms with Gasteiger partial charge < -0.3 is 4.98 Å². The predicted molar refractivity (Wildman–Crippen MR) is 98.9 cm³/mol. The summed E-state index contributed by atoms with van der Waals surface area (Å²) in [7, 11) is 0. The normalized spacial score (nSPS) is 12.7. The Morgan fingerprint density at radius 1 is 0.714 bits per heavy atom. The molecule has 0 unspecified atom stereocenters. The van der Waals surface area contributed by atoms with Gasteiger partial charge in [-0.05, 0) is 54.6 Å². The molecule has 5 rings (SSSR count). The molecule has 0 amide bonds. The molecule has 138 valence electrons. The number of hydrogen-bond donors (Lipinski definition) is 1. The van der Waals surface area contributed by atoms with Crippen LogP contribution in [0.3, 0.4) is 0 Å². The van der Waals surface area contributed by atoms with E-state index in [0.29, 0.717) is 16.9 Å². The van der Waals surface area contributed by atoms with Crippen molar-refractivity contribution >= 4 is 46.4 Å². The van der Waals surface area contributed by atoms with Crippen molar-refractivity contribution in [2.75, 3.05) is 0 Å². The Labute approximate surface area is 155 Å². The van der Waals surface area contributed by atoms with E-state index < -0.39 is 28.5 Å². The van der Waals surface area contributed by atoms with Gasteiger partial charge in [-0.3, -0.25) is 0 Å². The van der Waals surface area contributed by atoms with Crippen LogP contribution in [-0.2, 0) is 0 Å². The molecule has 3 aromatic rings. The van der Waals surface area contributed by atoms with Crippen molar-refractivity contribution in [1.82, 2.24) is 19.7 Å². The second-order valence-corrected chi connectivity index (χ2v) is 6.31. The summed E-state index contributed by atoms with van der Waals surface area (Å²) in [5.41, 5.74) is 0.358. The minimum atomic E-state index is -1.63. The Kier molecular flexibility index (Phi) is 3.48. The zero-order valence-electron chi connectivity index (χ0n) is 14.0. The number of aromatic nitrogens is 4. The van der Waals surface area contributed by atoms with Crippen molar-refractivity contribution in [2.24, 2.45) is 0 Å². The number of rotatable bonds is 0. The highest BCUT2D eigenvalue weighted by atomic mass is 19.2. The van der Waals surface area contributed by atoms with Crippen LogP contribution in [0.15, 0.2) is 30.3 Å². The van der Waals surface area contributed by atoms with Crippen LogP contribution in [0.25, 0.3) is 46.4 Å². The van der Waals surface area contributed by atoms with Gasteiger partial charge in [0.2, 0.25) is 0 Å². The zero-order valence-corrected chi connectivity index (χ0v) is 14.0. The van der Waals surface area contributed by atoms with Crippen molar-refractivity contribution < 1.29 is 17.7 Å². The summed E-state index contributed by atoms with van der Waals surface area (Å²) < 4.78 is 57.9. The van der Waals surface area contributed by atoms with Gasteiger partial charge in [0, 0.05) is 11.0 Å². The van der Waals surface area contributed by atoms with Gasteiger partial charge in [-0.2, -0.15) is 4.79 Å². The van der Waals surface area contributed by atoms with Gasteiger partial charge in [0.15, 0.2) is 23.0 Å². The topological polar surface area (TPSA) is 46.5 Å². The molecule has 0 aromatic carbocycles. The molecule has 8 heteroatoms. The van der Waals surface area contributed by atoms with E-state index in [4.69, 9.17) is 0 Å². The second-order valence-electron chi connectivity index (χ2n) is 6.31. The molecule has 0 fully saturated rings. The van der Waals surface area contributed by atoms with Gasteiger partial charge in [-0.1, -0.05) is 4.48 Å². The Hall–Kier alpha value is -3.68. The molecule has 8 bridgehead atoms. The smallest absolute Gasteiger partial charge is 0.190 e. The summed E-state index contributed by atoms with van der Waals surface area (Å²) in [5, 5.41) is 0. The minimum absolute atomic E-state index is 0.202. The lowest BCUT2D eigenvalue weighted by atomic mass is 10.3. The van der Waals surface area contributed by atoms with Crippen molar-refractivity contribution in [2.45, 2.75) is 0 Å². The first-order chi connectivity index (χ1) is 13.5. The number of H-pyrrole nitrogens is 1. The zero-order chi connectivity index (χ0) is 19.4. The quantitative estimate of drug-likeness (QED) is 0.371. The molecular weight excluding hydrogens is 372 g/mol. The van der Waals surface area contributed by atoms with Crippen molar-refractivity contribution in [3.63, 3.8) is 0 Å². The third-order valence-electron chi connectivity index (χ3n) is 4.43. The number of nitrogens with one attached hydrogen (secondary N) is 1. The Bertz CT molecular complexity index is 1360. The fraction of sp³-hybridized carbons (Fsp3) is 0. The fourth-order valence-corrected chi connectivity index (χ4v) is 3.13. The number of aromatic amines is 1. The fourth-order valence-electron chi connectivity index (χ4n) is 3.13. The van der Waals surface area contributed by atoms with Crippen LogP contribution in [0.5, 0.6) is 0 Å². The molecule has 28 heavy (non-hydrogen) atoms. The van der Waals surface area contributed by atoms with Gasteiger partial charge in [0.05, 0.1) is 17.1 Å². The van der Waals surface area contributed by atoms with Gasteiger partial charge in [-0.25, -0.2) is 23.1 Å². The molecule has 5 heterocycles. The highest BCUT2D eigenvalue weighted by molar-refractivity contribution is 5.78. The van der Waals surface area contributed by atoms with Gasteiger partial charge in [0.25, 0.3) is 0 Å². The first-order valence-electron chi connectivity index (χ1n) is 8.29. The van der Waals surface area contributed by atoms with Crippen LogP contribution >= 0.6 is 0 Å².